The third-order valence-electron chi connectivity index (χ3n) is 5.63. The first-order chi connectivity index (χ1) is 18.0. The molecule has 0 radical (unpaired) electrons. The Morgan fingerprint density at radius 3 is 2.62 bits per heavy atom. The summed E-state index contributed by atoms with van der Waals surface area (Å²) in [5, 5.41) is 27.4. The number of benzene rings is 2. The molecule has 1 fully saturated rings. The summed E-state index contributed by atoms with van der Waals surface area (Å²) >= 11 is 0. The monoisotopic (exact) mass is 497 g/mol. The van der Waals surface area contributed by atoms with Crippen molar-refractivity contribution < 1.29 is 19.2 Å². The van der Waals surface area contributed by atoms with Crippen molar-refractivity contribution in [2.24, 2.45) is 0 Å². The molecule has 12 heteroatoms. The summed E-state index contributed by atoms with van der Waals surface area (Å²) in [7, 11) is 0. The number of anilines is 3. The first-order valence-electron chi connectivity index (χ1n) is 11.2. The van der Waals surface area contributed by atoms with Gasteiger partial charge in [-0.25, -0.2) is 9.97 Å². The van der Waals surface area contributed by atoms with Gasteiger partial charge < -0.3 is 20.1 Å². The van der Waals surface area contributed by atoms with Gasteiger partial charge in [0.25, 0.3) is 5.91 Å². The summed E-state index contributed by atoms with van der Waals surface area (Å²) in [5.74, 6) is -0.120. The van der Waals surface area contributed by atoms with E-state index in [-0.39, 0.29) is 40.6 Å². The van der Waals surface area contributed by atoms with E-state index in [4.69, 9.17) is 9.47 Å². The number of carbonyl (C=O) groups is 1. The van der Waals surface area contributed by atoms with Crippen molar-refractivity contribution in [3.8, 4) is 11.8 Å². The summed E-state index contributed by atoms with van der Waals surface area (Å²) in [6.45, 7) is 0.876. The molecule has 12 nitrogen and oxygen atoms in total. The number of nitriles is 1. The van der Waals surface area contributed by atoms with Gasteiger partial charge in [-0.3, -0.25) is 19.9 Å². The molecule has 0 aliphatic carbocycles. The predicted molar refractivity (Wildman–Crippen MR) is 133 cm³/mol. The van der Waals surface area contributed by atoms with E-state index in [1.807, 2.05) is 12.1 Å². The van der Waals surface area contributed by atoms with Gasteiger partial charge in [-0.1, -0.05) is 18.2 Å². The second kappa shape index (κ2) is 10.2. The Morgan fingerprint density at radius 1 is 1.16 bits per heavy atom. The zero-order valence-corrected chi connectivity index (χ0v) is 19.2. The van der Waals surface area contributed by atoms with Crippen molar-refractivity contribution in [2.75, 3.05) is 23.8 Å². The smallest absolute Gasteiger partial charge is 0.311 e. The molecule has 4 aromatic rings. The molecule has 0 bridgehead atoms. The van der Waals surface area contributed by atoms with Gasteiger partial charge in [-0.05, 0) is 12.1 Å². The molecule has 1 atom stereocenters. The predicted octanol–water partition coefficient (Wildman–Crippen LogP) is 3.97. The van der Waals surface area contributed by atoms with Crippen molar-refractivity contribution in [1.82, 2.24) is 15.0 Å². The van der Waals surface area contributed by atoms with Crippen LogP contribution in [0.2, 0.25) is 0 Å². The van der Waals surface area contributed by atoms with Gasteiger partial charge in [-0.15, -0.1) is 0 Å². The molecule has 184 valence electrons. The van der Waals surface area contributed by atoms with E-state index in [0.29, 0.717) is 41.8 Å². The fourth-order valence-corrected chi connectivity index (χ4v) is 3.81. The number of ether oxygens (including phenoxy) is 2. The third kappa shape index (κ3) is 5.12. The lowest BCUT2D eigenvalue weighted by Gasteiger charge is -2.14. The van der Waals surface area contributed by atoms with Gasteiger partial charge in [0.05, 0.1) is 53.0 Å². The highest BCUT2D eigenvalue weighted by molar-refractivity contribution is 6.04. The fraction of sp³-hybridized carbons (Fsp3) is 0.160. The number of nitro benzene ring substituents is 1. The number of nitrogens with zero attached hydrogens (tertiary/aromatic N) is 5. The number of amides is 1. The van der Waals surface area contributed by atoms with Gasteiger partial charge in [0.1, 0.15) is 12.2 Å². The maximum Gasteiger partial charge on any atom is 0.311 e. The fourth-order valence-electron chi connectivity index (χ4n) is 3.81. The first kappa shape index (κ1) is 23.6. The Kier molecular flexibility index (Phi) is 6.52. The summed E-state index contributed by atoms with van der Waals surface area (Å²) in [6.07, 6.45) is 4.50. The number of carbonyl (C=O) groups excluding carboxylic acids is 1. The van der Waals surface area contributed by atoms with Crippen molar-refractivity contribution in [3.05, 3.63) is 82.3 Å². The molecule has 0 saturated carbocycles. The van der Waals surface area contributed by atoms with Crippen LogP contribution in [0.25, 0.3) is 10.9 Å². The SMILES string of the molecule is N#Cc1cnc2cc(OC3CCOC3)c([N+](=O)[O-])cc2c1Nc1ncc(NC(=O)c2ccccc2)cn1. The Bertz CT molecular complexity index is 1510. The zero-order chi connectivity index (χ0) is 25.8. The van der Waals surface area contributed by atoms with Crippen LogP contribution in [0, 0.1) is 21.4 Å². The van der Waals surface area contributed by atoms with E-state index in [1.54, 1.807) is 24.3 Å². The molecule has 2 aromatic carbocycles. The zero-order valence-electron chi connectivity index (χ0n) is 19.2. The molecule has 37 heavy (non-hydrogen) atoms. The average Bonchev–Trinajstić information content (AvgIpc) is 3.43. The molecule has 2 N–H and O–H groups in total. The van der Waals surface area contributed by atoms with Crippen molar-refractivity contribution in [2.45, 2.75) is 12.5 Å². The third-order valence-corrected chi connectivity index (χ3v) is 5.63. The van der Waals surface area contributed by atoms with E-state index >= 15 is 0 Å². The quantitative estimate of drug-likeness (QED) is 0.282. The molecule has 5 rings (SSSR count). The molecule has 1 aliphatic heterocycles. The molecular weight excluding hydrogens is 478 g/mol. The molecule has 1 unspecified atom stereocenters. The number of hydrogen-bond acceptors (Lipinski definition) is 10. The van der Waals surface area contributed by atoms with Crippen LogP contribution in [0.4, 0.5) is 23.0 Å². The van der Waals surface area contributed by atoms with E-state index in [9.17, 15) is 20.2 Å². The second-order valence-electron chi connectivity index (χ2n) is 8.10. The highest BCUT2D eigenvalue weighted by Gasteiger charge is 2.25. The largest absolute Gasteiger partial charge is 0.481 e. The standard InChI is InChI=1S/C25H19N7O5/c26-10-16-11-27-20-9-22(37-18-6-7-36-14-18)21(32(34)35)8-19(20)23(16)31-25-28-12-17(13-29-25)30-24(33)15-4-2-1-3-5-15/h1-5,8-9,11-13,18H,6-7,14H2,(H,30,33)(H,27,28,29,31). The van der Waals surface area contributed by atoms with Crippen LogP contribution in [0.1, 0.15) is 22.3 Å². The summed E-state index contributed by atoms with van der Waals surface area (Å²) in [5.41, 5.74) is 1.37. The van der Waals surface area contributed by atoms with E-state index in [0.717, 1.165) is 0 Å². The normalized spacial score (nSPS) is 14.6. The molecule has 1 amide bonds. The number of nitro groups is 1. The minimum absolute atomic E-state index is 0.0749. The highest BCUT2D eigenvalue weighted by Crippen LogP contribution is 2.37. The minimum Gasteiger partial charge on any atom is -0.481 e. The van der Waals surface area contributed by atoms with Crippen LogP contribution >= 0.6 is 0 Å². The van der Waals surface area contributed by atoms with Crippen LogP contribution in [0.5, 0.6) is 5.75 Å². The highest BCUT2D eigenvalue weighted by atomic mass is 16.6. The molecule has 3 heterocycles. The molecular formula is C25H19N7O5. The lowest BCUT2D eigenvalue weighted by atomic mass is 10.1. The van der Waals surface area contributed by atoms with Crippen molar-refractivity contribution in [3.63, 3.8) is 0 Å². The van der Waals surface area contributed by atoms with Crippen LogP contribution in [-0.2, 0) is 4.74 Å². The van der Waals surface area contributed by atoms with Gasteiger partial charge in [0, 0.05) is 35.7 Å². The van der Waals surface area contributed by atoms with Crippen LogP contribution in [0.15, 0.2) is 61.1 Å². The maximum atomic E-state index is 12.3. The van der Waals surface area contributed by atoms with Gasteiger partial charge in [0.2, 0.25) is 5.95 Å². The molecule has 1 saturated heterocycles. The van der Waals surface area contributed by atoms with Crippen LogP contribution < -0.4 is 15.4 Å². The Labute approximate surface area is 210 Å². The molecule has 1 aliphatic rings. The second-order valence-corrected chi connectivity index (χ2v) is 8.10. The van der Waals surface area contributed by atoms with E-state index < -0.39 is 4.92 Å². The summed E-state index contributed by atoms with van der Waals surface area (Å²) in [6, 6.07) is 13.5. The number of pyridine rings is 1. The summed E-state index contributed by atoms with van der Waals surface area (Å²) < 4.78 is 11.1. The average molecular weight is 497 g/mol. The summed E-state index contributed by atoms with van der Waals surface area (Å²) in [4.78, 5) is 36.3. The number of fused-ring (bicyclic) bond motifs is 1. The van der Waals surface area contributed by atoms with E-state index in [2.05, 4.69) is 25.6 Å². The number of hydrogen-bond donors (Lipinski definition) is 2. The van der Waals surface area contributed by atoms with Gasteiger partial charge in [-0.2, -0.15) is 5.26 Å². The number of rotatable bonds is 7. The lowest BCUT2D eigenvalue weighted by molar-refractivity contribution is -0.385. The Balaban J connectivity index is 1.44. The molecule has 0 spiro atoms. The Morgan fingerprint density at radius 2 is 1.95 bits per heavy atom. The maximum absolute atomic E-state index is 12.3. The minimum atomic E-state index is -0.547. The topological polar surface area (TPSA) is 165 Å². The number of nitrogens with one attached hydrogen (secondary N) is 2. The van der Waals surface area contributed by atoms with Gasteiger partial charge in [0.15, 0.2) is 5.75 Å². The van der Waals surface area contributed by atoms with Crippen LogP contribution in [-0.4, -0.2) is 45.1 Å². The van der Waals surface area contributed by atoms with Crippen molar-refractivity contribution in [1.29, 1.82) is 5.26 Å². The Hall–Kier alpha value is -5.15. The lowest BCUT2D eigenvalue weighted by Crippen LogP contribution is -2.16. The van der Waals surface area contributed by atoms with Gasteiger partial charge >= 0.3 is 5.69 Å². The number of aromatic nitrogens is 3. The van der Waals surface area contributed by atoms with E-state index in [1.165, 1.54) is 30.7 Å². The van der Waals surface area contributed by atoms with Crippen molar-refractivity contribution >= 4 is 39.8 Å². The molecule has 2 aromatic heterocycles. The van der Waals surface area contributed by atoms with Crippen LogP contribution in [0.3, 0.4) is 0 Å². The first-order valence-corrected chi connectivity index (χ1v) is 11.2.